The fourth-order valence-corrected chi connectivity index (χ4v) is 1.91. The van der Waals surface area contributed by atoms with Crippen molar-refractivity contribution in [2.75, 3.05) is 5.32 Å². The van der Waals surface area contributed by atoms with E-state index in [0.29, 0.717) is 16.9 Å². The van der Waals surface area contributed by atoms with Gasteiger partial charge in [0.2, 0.25) is 0 Å². The fraction of sp³-hybridized carbons (Fsp3) is 0.133. The molecule has 0 saturated carbocycles. The van der Waals surface area contributed by atoms with Crippen LogP contribution in [0.3, 0.4) is 0 Å². The summed E-state index contributed by atoms with van der Waals surface area (Å²) in [7, 11) is 1.70. The molecule has 1 aromatic heterocycles. The van der Waals surface area contributed by atoms with Crippen molar-refractivity contribution in [3.8, 4) is 0 Å². The van der Waals surface area contributed by atoms with Crippen LogP contribution in [-0.4, -0.2) is 26.8 Å². The number of hydrogen-bond donors (Lipinski definition) is 2. The van der Waals surface area contributed by atoms with Crippen molar-refractivity contribution >= 4 is 23.6 Å². The van der Waals surface area contributed by atoms with Gasteiger partial charge in [-0.1, -0.05) is 12.1 Å². The van der Waals surface area contributed by atoms with Crippen LogP contribution in [0.25, 0.3) is 6.08 Å². The van der Waals surface area contributed by atoms with Crippen LogP contribution in [0.4, 0.5) is 5.69 Å². The number of benzene rings is 1. The Labute approximate surface area is 121 Å². The second-order valence-electron chi connectivity index (χ2n) is 4.55. The molecule has 0 saturated heterocycles. The molecule has 6 heteroatoms. The zero-order valence-corrected chi connectivity index (χ0v) is 11.7. The molecular weight excluding hydrogens is 270 g/mol. The number of nitrogens with zero attached hydrogens (tertiary/aromatic N) is 2. The van der Waals surface area contributed by atoms with Gasteiger partial charge in [-0.3, -0.25) is 9.48 Å². The third-order valence-electron chi connectivity index (χ3n) is 2.80. The average molecular weight is 285 g/mol. The van der Waals surface area contributed by atoms with Gasteiger partial charge in [0.1, 0.15) is 5.69 Å². The molecular formula is C15H15N3O3. The third-order valence-corrected chi connectivity index (χ3v) is 2.80. The smallest absolute Gasteiger partial charge is 0.328 e. The Morgan fingerprint density at radius 1 is 1.33 bits per heavy atom. The molecule has 21 heavy (non-hydrogen) atoms. The molecule has 0 bridgehead atoms. The van der Waals surface area contributed by atoms with E-state index >= 15 is 0 Å². The first kappa shape index (κ1) is 14.5. The SMILES string of the molecule is Cc1cc(C(=O)Nc2cccc(/C=C/C(=O)O)c2)n(C)n1. The van der Waals surface area contributed by atoms with Gasteiger partial charge in [0, 0.05) is 18.8 Å². The van der Waals surface area contributed by atoms with Gasteiger partial charge in [-0.05, 0) is 36.8 Å². The maximum absolute atomic E-state index is 12.1. The lowest BCUT2D eigenvalue weighted by Gasteiger charge is -2.06. The number of hydrogen-bond acceptors (Lipinski definition) is 3. The molecule has 108 valence electrons. The minimum atomic E-state index is -1.02. The Kier molecular flexibility index (Phi) is 4.18. The summed E-state index contributed by atoms with van der Waals surface area (Å²) >= 11 is 0. The summed E-state index contributed by atoms with van der Waals surface area (Å²) in [5.41, 5.74) is 2.50. The molecule has 1 heterocycles. The van der Waals surface area contributed by atoms with Crippen LogP contribution < -0.4 is 5.32 Å². The van der Waals surface area contributed by atoms with Crippen molar-refractivity contribution in [3.63, 3.8) is 0 Å². The first-order valence-corrected chi connectivity index (χ1v) is 6.29. The van der Waals surface area contributed by atoms with Crippen molar-refractivity contribution in [1.82, 2.24) is 9.78 Å². The van der Waals surface area contributed by atoms with Gasteiger partial charge >= 0.3 is 5.97 Å². The topological polar surface area (TPSA) is 84.2 Å². The number of nitrogens with one attached hydrogen (secondary N) is 1. The summed E-state index contributed by atoms with van der Waals surface area (Å²) in [5, 5.41) is 15.5. The molecule has 2 N–H and O–H groups in total. The molecule has 1 aromatic carbocycles. The van der Waals surface area contributed by atoms with Gasteiger partial charge in [0.25, 0.3) is 5.91 Å². The van der Waals surface area contributed by atoms with E-state index in [4.69, 9.17) is 5.11 Å². The molecule has 0 fully saturated rings. The molecule has 6 nitrogen and oxygen atoms in total. The zero-order valence-electron chi connectivity index (χ0n) is 11.7. The van der Waals surface area contributed by atoms with Gasteiger partial charge in [0.15, 0.2) is 0 Å². The molecule has 0 unspecified atom stereocenters. The predicted molar refractivity (Wildman–Crippen MR) is 79.0 cm³/mol. The van der Waals surface area contributed by atoms with E-state index in [1.54, 1.807) is 37.4 Å². The summed E-state index contributed by atoms with van der Waals surface area (Å²) in [6.45, 7) is 1.81. The Morgan fingerprint density at radius 3 is 2.71 bits per heavy atom. The Morgan fingerprint density at radius 2 is 2.10 bits per heavy atom. The fourth-order valence-electron chi connectivity index (χ4n) is 1.91. The van der Waals surface area contributed by atoms with Gasteiger partial charge in [-0.15, -0.1) is 0 Å². The number of aryl methyl sites for hydroxylation is 2. The molecule has 0 radical (unpaired) electrons. The highest BCUT2D eigenvalue weighted by atomic mass is 16.4. The first-order valence-electron chi connectivity index (χ1n) is 6.29. The number of anilines is 1. The largest absolute Gasteiger partial charge is 0.478 e. The number of amides is 1. The van der Waals surface area contributed by atoms with Crippen molar-refractivity contribution in [3.05, 3.63) is 53.4 Å². The Balaban J connectivity index is 2.16. The first-order chi connectivity index (χ1) is 9.95. The van der Waals surface area contributed by atoms with E-state index in [0.717, 1.165) is 11.8 Å². The lowest BCUT2D eigenvalue weighted by atomic mass is 10.2. The lowest BCUT2D eigenvalue weighted by molar-refractivity contribution is -0.131. The maximum Gasteiger partial charge on any atom is 0.328 e. The summed E-state index contributed by atoms with van der Waals surface area (Å²) < 4.78 is 1.51. The number of aliphatic carboxylic acids is 1. The molecule has 0 aliphatic carbocycles. The Hall–Kier alpha value is -2.89. The highest BCUT2D eigenvalue weighted by molar-refractivity contribution is 6.03. The zero-order chi connectivity index (χ0) is 15.4. The predicted octanol–water partition coefficient (Wildman–Crippen LogP) is 2.08. The maximum atomic E-state index is 12.1. The number of carbonyl (C=O) groups excluding carboxylic acids is 1. The quantitative estimate of drug-likeness (QED) is 0.842. The van der Waals surface area contributed by atoms with E-state index in [1.807, 2.05) is 6.92 Å². The number of carboxylic acid groups (broad SMARTS) is 1. The van der Waals surface area contributed by atoms with Crippen molar-refractivity contribution < 1.29 is 14.7 Å². The van der Waals surface area contributed by atoms with Crippen LogP contribution in [0.5, 0.6) is 0 Å². The van der Waals surface area contributed by atoms with E-state index in [9.17, 15) is 9.59 Å². The molecule has 0 aliphatic rings. The Bertz CT molecular complexity index is 717. The third kappa shape index (κ3) is 3.79. The second kappa shape index (κ2) is 6.04. The highest BCUT2D eigenvalue weighted by Crippen LogP contribution is 2.14. The van der Waals surface area contributed by atoms with Gasteiger partial charge in [-0.2, -0.15) is 5.10 Å². The van der Waals surface area contributed by atoms with Gasteiger partial charge < -0.3 is 10.4 Å². The number of carbonyl (C=O) groups is 2. The van der Waals surface area contributed by atoms with Crippen LogP contribution >= 0.6 is 0 Å². The van der Waals surface area contributed by atoms with Crippen molar-refractivity contribution in [1.29, 1.82) is 0 Å². The van der Waals surface area contributed by atoms with E-state index in [-0.39, 0.29) is 5.91 Å². The number of carboxylic acids is 1. The lowest BCUT2D eigenvalue weighted by Crippen LogP contribution is -2.16. The molecule has 2 aromatic rings. The number of aromatic nitrogens is 2. The molecule has 1 amide bonds. The highest BCUT2D eigenvalue weighted by Gasteiger charge is 2.11. The van der Waals surface area contributed by atoms with Crippen molar-refractivity contribution in [2.24, 2.45) is 7.05 Å². The van der Waals surface area contributed by atoms with E-state index < -0.39 is 5.97 Å². The second-order valence-corrected chi connectivity index (χ2v) is 4.55. The van der Waals surface area contributed by atoms with Crippen LogP contribution in [0.1, 0.15) is 21.7 Å². The molecule has 2 rings (SSSR count). The van der Waals surface area contributed by atoms with E-state index in [1.165, 1.54) is 10.8 Å². The van der Waals surface area contributed by atoms with E-state index in [2.05, 4.69) is 10.4 Å². The normalized spacial score (nSPS) is 10.8. The van der Waals surface area contributed by atoms with Crippen LogP contribution in [-0.2, 0) is 11.8 Å². The summed E-state index contributed by atoms with van der Waals surface area (Å²) in [5.74, 6) is -1.28. The van der Waals surface area contributed by atoms with Crippen molar-refractivity contribution in [2.45, 2.75) is 6.92 Å². The van der Waals surface area contributed by atoms with Crippen LogP contribution in [0, 0.1) is 6.92 Å². The average Bonchev–Trinajstić information content (AvgIpc) is 2.76. The summed E-state index contributed by atoms with van der Waals surface area (Å²) in [4.78, 5) is 22.6. The minimum Gasteiger partial charge on any atom is -0.478 e. The van der Waals surface area contributed by atoms with Crippen LogP contribution in [0.2, 0.25) is 0 Å². The van der Waals surface area contributed by atoms with Gasteiger partial charge in [-0.25, -0.2) is 4.79 Å². The molecule has 0 spiro atoms. The van der Waals surface area contributed by atoms with Crippen LogP contribution in [0.15, 0.2) is 36.4 Å². The molecule has 0 aliphatic heterocycles. The molecule has 0 atom stereocenters. The minimum absolute atomic E-state index is 0.266. The summed E-state index contributed by atoms with van der Waals surface area (Å²) in [6, 6.07) is 8.62. The monoisotopic (exact) mass is 285 g/mol. The number of rotatable bonds is 4. The standard InChI is InChI=1S/C15H15N3O3/c1-10-8-13(18(2)17-10)15(21)16-12-5-3-4-11(9-12)6-7-14(19)20/h3-9H,1-2H3,(H,16,21)(H,19,20)/b7-6+. The summed E-state index contributed by atoms with van der Waals surface area (Å²) in [6.07, 6.45) is 2.51. The van der Waals surface area contributed by atoms with Gasteiger partial charge in [0.05, 0.1) is 5.69 Å².